The van der Waals surface area contributed by atoms with E-state index >= 15 is 0 Å². The fraction of sp³-hybridized carbons (Fsp3) is 0.273. The molecule has 1 aromatic heterocycles. The van der Waals surface area contributed by atoms with Crippen molar-refractivity contribution in [3.63, 3.8) is 0 Å². The summed E-state index contributed by atoms with van der Waals surface area (Å²) in [6, 6.07) is 1.61. The number of carbonyl (C=O) groups is 2. The van der Waals surface area contributed by atoms with Crippen molar-refractivity contribution in [2.45, 2.75) is 13.3 Å². The average Bonchev–Trinajstić information content (AvgIpc) is 2.69. The van der Waals surface area contributed by atoms with Gasteiger partial charge in [-0.25, -0.2) is 4.79 Å². The van der Waals surface area contributed by atoms with Crippen LogP contribution in [-0.4, -0.2) is 18.5 Å². The number of hydrogen-bond donors (Lipinski definition) is 0. The van der Waals surface area contributed by atoms with Crippen molar-refractivity contribution in [1.29, 1.82) is 0 Å². The Morgan fingerprint density at radius 1 is 1.56 bits per heavy atom. The van der Waals surface area contributed by atoms with Gasteiger partial charge in [0.2, 0.25) is 0 Å². The van der Waals surface area contributed by atoms with Gasteiger partial charge in [0.25, 0.3) is 0 Å². The second-order valence-electron chi connectivity index (χ2n) is 3.00. The number of esters is 1. The molecule has 0 aliphatic heterocycles. The van der Waals surface area contributed by atoms with Gasteiger partial charge in [-0.2, -0.15) is 0 Å². The maximum atomic E-state index is 11.4. The molecule has 0 fully saturated rings. The van der Waals surface area contributed by atoms with Crippen LogP contribution in [0.5, 0.6) is 0 Å². The number of carboxylic acid groups (broad SMARTS) is 1. The van der Waals surface area contributed by atoms with Gasteiger partial charge in [-0.3, -0.25) is 0 Å². The van der Waals surface area contributed by atoms with E-state index in [2.05, 4.69) is 0 Å². The van der Waals surface area contributed by atoms with Crippen molar-refractivity contribution in [1.82, 2.24) is 0 Å². The van der Waals surface area contributed by atoms with E-state index in [1.54, 1.807) is 13.0 Å². The Balaban J connectivity index is 2.86. The third-order valence-electron chi connectivity index (χ3n) is 1.76. The van der Waals surface area contributed by atoms with E-state index < -0.39 is 18.4 Å². The normalized spacial score (nSPS) is 11.2. The zero-order valence-electron chi connectivity index (χ0n) is 8.76. The molecule has 0 bridgehead atoms. The zero-order valence-corrected chi connectivity index (χ0v) is 8.76. The molecule has 0 amide bonds. The van der Waals surface area contributed by atoms with Crippen LogP contribution in [0.25, 0.3) is 6.08 Å². The van der Waals surface area contributed by atoms with Gasteiger partial charge >= 0.3 is 5.97 Å². The van der Waals surface area contributed by atoms with Gasteiger partial charge in [-0.1, -0.05) is 0 Å². The number of carboxylic acids is 1. The molecule has 0 N–H and O–H groups in total. The lowest BCUT2D eigenvalue weighted by Crippen LogP contribution is -2.24. The van der Waals surface area contributed by atoms with E-state index in [0.29, 0.717) is 5.56 Å². The molecular weight excluding hydrogens is 212 g/mol. The molecule has 0 saturated heterocycles. The summed E-state index contributed by atoms with van der Waals surface area (Å²) < 4.78 is 9.53. The molecule has 0 spiro atoms. The molecule has 5 nitrogen and oxygen atoms in total. The molecule has 1 rings (SSSR count). The summed E-state index contributed by atoms with van der Waals surface area (Å²) in [5, 5.41) is 10.5. The monoisotopic (exact) mass is 223 g/mol. The topological polar surface area (TPSA) is 79.6 Å². The van der Waals surface area contributed by atoms with Gasteiger partial charge in [-0.05, 0) is 19.1 Å². The fourth-order valence-corrected chi connectivity index (χ4v) is 1.12. The second-order valence-corrected chi connectivity index (χ2v) is 3.00. The summed E-state index contributed by atoms with van der Waals surface area (Å²) in [5.74, 6) is -1.99. The largest absolute Gasteiger partial charge is 0.550 e. The van der Waals surface area contributed by atoms with Gasteiger partial charge in [0.05, 0.1) is 19.1 Å². The highest BCUT2D eigenvalue weighted by molar-refractivity contribution is 5.97. The van der Waals surface area contributed by atoms with Gasteiger partial charge in [0.1, 0.15) is 0 Å². The standard InChI is InChI=1S/C11H12O5/c1-2-16-11(14)9(6-10(12)13)5-8-3-4-15-7-8/h3-5,7H,2,6H2,1H3,(H,12,13)/p-1. The van der Waals surface area contributed by atoms with Crippen molar-refractivity contribution < 1.29 is 23.8 Å². The van der Waals surface area contributed by atoms with Crippen molar-refractivity contribution in [3.8, 4) is 0 Å². The van der Waals surface area contributed by atoms with Crippen LogP contribution in [0, 0.1) is 0 Å². The minimum absolute atomic E-state index is 0.0308. The van der Waals surface area contributed by atoms with E-state index in [4.69, 9.17) is 9.15 Å². The molecule has 1 heterocycles. The number of carbonyl (C=O) groups excluding carboxylic acids is 2. The molecule has 0 atom stereocenters. The lowest BCUT2D eigenvalue weighted by Gasteiger charge is -2.07. The Hall–Kier alpha value is -2.04. The van der Waals surface area contributed by atoms with Crippen LogP contribution in [0.2, 0.25) is 0 Å². The van der Waals surface area contributed by atoms with Crippen LogP contribution in [0.4, 0.5) is 0 Å². The molecule has 0 aliphatic carbocycles. The first-order chi connectivity index (χ1) is 7.63. The smallest absolute Gasteiger partial charge is 0.334 e. The van der Waals surface area contributed by atoms with Gasteiger partial charge in [0, 0.05) is 23.5 Å². The number of rotatable bonds is 5. The summed E-state index contributed by atoms with van der Waals surface area (Å²) in [4.78, 5) is 21.9. The highest BCUT2D eigenvalue weighted by Crippen LogP contribution is 2.11. The van der Waals surface area contributed by atoms with Crippen molar-refractivity contribution in [2.75, 3.05) is 6.61 Å². The lowest BCUT2D eigenvalue weighted by atomic mass is 10.1. The molecule has 86 valence electrons. The molecule has 0 radical (unpaired) electrons. The first kappa shape index (κ1) is 12.0. The number of hydrogen-bond acceptors (Lipinski definition) is 5. The zero-order chi connectivity index (χ0) is 12.0. The van der Waals surface area contributed by atoms with Crippen LogP contribution >= 0.6 is 0 Å². The maximum absolute atomic E-state index is 11.4. The Bertz CT molecular complexity index is 389. The third-order valence-corrected chi connectivity index (χ3v) is 1.76. The average molecular weight is 223 g/mol. The van der Waals surface area contributed by atoms with Crippen LogP contribution in [0.3, 0.4) is 0 Å². The molecule has 0 saturated carbocycles. The van der Waals surface area contributed by atoms with Gasteiger partial charge in [-0.15, -0.1) is 0 Å². The minimum Gasteiger partial charge on any atom is -0.550 e. The number of aliphatic carboxylic acids is 1. The molecule has 16 heavy (non-hydrogen) atoms. The summed E-state index contributed by atoms with van der Waals surface area (Å²) >= 11 is 0. The first-order valence-electron chi connectivity index (χ1n) is 4.73. The third kappa shape index (κ3) is 3.61. The number of ether oxygens (including phenoxy) is 1. The van der Waals surface area contributed by atoms with E-state index in [1.165, 1.54) is 18.6 Å². The Morgan fingerprint density at radius 3 is 2.81 bits per heavy atom. The van der Waals surface area contributed by atoms with Crippen molar-refractivity contribution in [3.05, 3.63) is 29.7 Å². The molecule has 5 heteroatoms. The molecule has 0 aromatic carbocycles. The van der Waals surface area contributed by atoms with E-state index in [9.17, 15) is 14.7 Å². The highest BCUT2D eigenvalue weighted by Gasteiger charge is 2.11. The van der Waals surface area contributed by atoms with Crippen LogP contribution < -0.4 is 5.11 Å². The Kier molecular flexibility index (Phi) is 4.32. The first-order valence-corrected chi connectivity index (χ1v) is 4.73. The Labute approximate surface area is 92.3 Å². The minimum atomic E-state index is -1.33. The van der Waals surface area contributed by atoms with E-state index in [1.807, 2.05) is 0 Å². The summed E-state index contributed by atoms with van der Waals surface area (Å²) in [6.45, 7) is 1.83. The van der Waals surface area contributed by atoms with Gasteiger partial charge < -0.3 is 19.1 Å². The molecule has 1 aromatic rings. The fourth-order valence-electron chi connectivity index (χ4n) is 1.12. The second kappa shape index (κ2) is 5.75. The van der Waals surface area contributed by atoms with Crippen molar-refractivity contribution in [2.24, 2.45) is 0 Å². The molecule has 0 aliphatic rings. The predicted octanol–water partition coefficient (Wildman–Crippen LogP) is 0.366. The summed E-state index contributed by atoms with van der Waals surface area (Å²) in [5.41, 5.74) is 0.632. The highest BCUT2D eigenvalue weighted by atomic mass is 16.5. The van der Waals surface area contributed by atoms with E-state index in [-0.39, 0.29) is 12.2 Å². The SMILES string of the molecule is CCOC(=O)C(=Cc1ccoc1)CC(=O)[O-]. The quantitative estimate of drug-likeness (QED) is 0.532. The van der Waals surface area contributed by atoms with Crippen LogP contribution in [0.15, 0.2) is 28.6 Å². The molecular formula is C11H11O5-. The summed E-state index contributed by atoms with van der Waals surface area (Å²) in [7, 11) is 0. The van der Waals surface area contributed by atoms with E-state index in [0.717, 1.165) is 0 Å². The number of furan rings is 1. The Morgan fingerprint density at radius 2 is 2.31 bits per heavy atom. The predicted molar refractivity (Wildman–Crippen MR) is 52.9 cm³/mol. The maximum Gasteiger partial charge on any atom is 0.334 e. The van der Waals surface area contributed by atoms with Gasteiger partial charge in [0.15, 0.2) is 0 Å². The van der Waals surface area contributed by atoms with Crippen LogP contribution in [0.1, 0.15) is 18.9 Å². The van der Waals surface area contributed by atoms with Crippen molar-refractivity contribution >= 4 is 18.0 Å². The van der Waals surface area contributed by atoms with Crippen LogP contribution in [-0.2, 0) is 14.3 Å². The lowest BCUT2D eigenvalue weighted by molar-refractivity contribution is -0.304. The summed E-state index contributed by atoms with van der Waals surface area (Å²) in [6.07, 6.45) is 3.74. The molecule has 0 unspecified atom stereocenters.